The first-order valence-electron chi connectivity index (χ1n) is 6.76. The lowest BCUT2D eigenvalue weighted by Gasteiger charge is -2.33. The Kier molecular flexibility index (Phi) is 4.53. The highest BCUT2D eigenvalue weighted by molar-refractivity contribution is 5.59. The number of hydrogen-bond acceptors (Lipinski definition) is 4. The molecule has 106 valence electrons. The molecule has 0 saturated carbocycles. The summed E-state index contributed by atoms with van der Waals surface area (Å²) < 4.78 is 16.4. The standard InChI is InChI=1S/C15H23NO3/c1-10-7-12(8-11(2)19-10)16-14-6-5-13(17-3)9-15(14)18-4/h5-6,9-12,16H,7-8H2,1-4H3. The number of hydrogen-bond donors (Lipinski definition) is 1. The zero-order valence-electron chi connectivity index (χ0n) is 12.1. The van der Waals surface area contributed by atoms with Gasteiger partial charge in [0.2, 0.25) is 0 Å². The zero-order chi connectivity index (χ0) is 13.8. The Hall–Kier alpha value is -1.42. The molecule has 0 aromatic heterocycles. The molecule has 4 heteroatoms. The number of methoxy groups -OCH3 is 2. The van der Waals surface area contributed by atoms with E-state index in [2.05, 4.69) is 19.2 Å². The molecule has 0 aliphatic carbocycles. The minimum absolute atomic E-state index is 0.297. The van der Waals surface area contributed by atoms with Gasteiger partial charge in [0.15, 0.2) is 0 Å². The van der Waals surface area contributed by atoms with Crippen LogP contribution in [0.15, 0.2) is 18.2 Å². The quantitative estimate of drug-likeness (QED) is 0.908. The Bertz CT molecular complexity index is 412. The fraction of sp³-hybridized carbons (Fsp3) is 0.600. The maximum absolute atomic E-state index is 5.76. The van der Waals surface area contributed by atoms with Crippen molar-refractivity contribution in [1.82, 2.24) is 0 Å². The summed E-state index contributed by atoms with van der Waals surface area (Å²) in [6.45, 7) is 4.24. The normalized spacial score (nSPS) is 26.8. The van der Waals surface area contributed by atoms with Crippen LogP contribution in [0, 0.1) is 0 Å². The van der Waals surface area contributed by atoms with Crippen molar-refractivity contribution in [3.63, 3.8) is 0 Å². The van der Waals surface area contributed by atoms with Crippen LogP contribution in [0.3, 0.4) is 0 Å². The van der Waals surface area contributed by atoms with Crippen LogP contribution in [0.1, 0.15) is 26.7 Å². The SMILES string of the molecule is COc1ccc(NC2CC(C)OC(C)C2)c(OC)c1. The lowest BCUT2D eigenvalue weighted by atomic mass is 9.99. The van der Waals surface area contributed by atoms with Gasteiger partial charge in [-0.3, -0.25) is 0 Å². The number of nitrogens with one attached hydrogen (secondary N) is 1. The van der Waals surface area contributed by atoms with Crippen LogP contribution in [0.25, 0.3) is 0 Å². The summed E-state index contributed by atoms with van der Waals surface area (Å²) in [7, 11) is 3.33. The average Bonchev–Trinajstić information content (AvgIpc) is 2.38. The lowest BCUT2D eigenvalue weighted by molar-refractivity contribution is -0.0338. The molecule has 2 rings (SSSR count). The van der Waals surface area contributed by atoms with Gasteiger partial charge in [-0.2, -0.15) is 0 Å². The molecule has 1 saturated heterocycles. The molecule has 1 heterocycles. The van der Waals surface area contributed by atoms with Crippen molar-refractivity contribution in [3.05, 3.63) is 18.2 Å². The summed E-state index contributed by atoms with van der Waals surface area (Å²) in [5.74, 6) is 1.61. The second kappa shape index (κ2) is 6.15. The summed E-state index contributed by atoms with van der Waals surface area (Å²) in [6.07, 6.45) is 2.62. The minimum atomic E-state index is 0.297. The van der Waals surface area contributed by atoms with Crippen molar-refractivity contribution in [2.45, 2.75) is 44.9 Å². The highest BCUT2D eigenvalue weighted by Crippen LogP contribution is 2.31. The number of benzene rings is 1. The Morgan fingerprint density at radius 1 is 1.11 bits per heavy atom. The molecule has 0 spiro atoms. The molecule has 1 fully saturated rings. The van der Waals surface area contributed by atoms with Crippen LogP contribution in [0.5, 0.6) is 11.5 Å². The van der Waals surface area contributed by atoms with Gasteiger partial charge in [0.05, 0.1) is 32.1 Å². The molecule has 1 aromatic carbocycles. The van der Waals surface area contributed by atoms with Crippen molar-refractivity contribution in [2.24, 2.45) is 0 Å². The van der Waals surface area contributed by atoms with Gasteiger partial charge in [-0.25, -0.2) is 0 Å². The smallest absolute Gasteiger partial charge is 0.145 e. The highest BCUT2D eigenvalue weighted by atomic mass is 16.5. The Morgan fingerprint density at radius 3 is 2.37 bits per heavy atom. The third-order valence-corrected chi connectivity index (χ3v) is 3.47. The predicted molar refractivity (Wildman–Crippen MR) is 76.2 cm³/mol. The predicted octanol–water partition coefficient (Wildman–Crippen LogP) is 3.07. The first-order chi connectivity index (χ1) is 9.12. The van der Waals surface area contributed by atoms with E-state index in [-0.39, 0.29) is 0 Å². The van der Waals surface area contributed by atoms with Gasteiger partial charge in [0, 0.05) is 12.1 Å². The van der Waals surface area contributed by atoms with Crippen molar-refractivity contribution < 1.29 is 14.2 Å². The number of anilines is 1. The summed E-state index contributed by atoms with van der Waals surface area (Å²) in [6, 6.07) is 6.26. The molecule has 0 radical (unpaired) electrons. The van der Waals surface area contributed by atoms with Crippen LogP contribution in [0.4, 0.5) is 5.69 Å². The van der Waals surface area contributed by atoms with E-state index in [1.165, 1.54) is 0 Å². The van der Waals surface area contributed by atoms with Crippen LogP contribution in [-0.2, 0) is 4.74 Å². The molecule has 1 N–H and O–H groups in total. The molecule has 1 aromatic rings. The fourth-order valence-corrected chi connectivity index (χ4v) is 2.66. The van der Waals surface area contributed by atoms with Gasteiger partial charge in [-0.1, -0.05) is 0 Å². The molecular weight excluding hydrogens is 242 g/mol. The van der Waals surface area contributed by atoms with Crippen molar-refractivity contribution >= 4 is 5.69 Å². The van der Waals surface area contributed by atoms with Crippen molar-refractivity contribution in [1.29, 1.82) is 0 Å². The largest absolute Gasteiger partial charge is 0.497 e. The maximum Gasteiger partial charge on any atom is 0.145 e. The van der Waals surface area contributed by atoms with Gasteiger partial charge < -0.3 is 19.5 Å². The third kappa shape index (κ3) is 3.53. The van der Waals surface area contributed by atoms with E-state index in [1.807, 2.05) is 18.2 Å². The Labute approximate surface area is 115 Å². The van der Waals surface area contributed by atoms with E-state index in [0.717, 1.165) is 30.0 Å². The van der Waals surface area contributed by atoms with Crippen LogP contribution < -0.4 is 14.8 Å². The molecule has 0 amide bonds. The second-order valence-electron chi connectivity index (χ2n) is 5.14. The first-order valence-corrected chi connectivity index (χ1v) is 6.76. The monoisotopic (exact) mass is 265 g/mol. The highest BCUT2D eigenvalue weighted by Gasteiger charge is 2.24. The Balaban J connectivity index is 2.09. The van der Waals surface area contributed by atoms with E-state index in [4.69, 9.17) is 14.2 Å². The van der Waals surface area contributed by atoms with E-state index in [0.29, 0.717) is 18.2 Å². The summed E-state index contributed by atoms with van der Waals surface area (Å²) in [4.78, 5) is 0. The van der Waals surface area contributed by atoms with E-state index in [9.17, 15) is 0 Å². The molecule has 0 bridgehead atoms. The van der Waals surface area contributed by atoms with Gasteiger partial charge in [0.1, 0.15) is 11.5 Å². The van der Waals surface area contributed by atoms with Crippen LogP contribution >= 0.6 is 0 Å². The first kappa shape index (κ1) is 14.0. The molecule has 4 nitrogen and oxygen atoms in total. The van der Waals surface area contributed by atoms with Gasteiger partial charge >= 0.3 is 0 Å². The lowest BCUT2D eigenvalue weighted by Crippen LogP contribution is -2.36. The molecule has 1 aliphatic heterocycles. The second-order valence-corrected chi connectivity index (χ2v) is 5.14. The maximum atomic E-state index is 5.76. The molecule has 1 aliphatic rings. The van der Waals surface area contributed by atoms with Gasteiger partial charge in [-0.05, 0) is 38.8 Å². The summed E-state index contributed by atoms with van der Waals surface area (Å²) in [5, 5.41) is 3.55. The number of rotatable bonds is 4. The topological polar surface area (TPSA) is 39.7 Å². The van der Waals surface area contributed by atoms with Gasteiger partial charge in [0.25, 0.3) is 0 Å². The van der Waals surface area contributed by atoms with Crippen LogP contribution in [-0.4, -0.2) is 32.5 Å². The average molecular weight is 265 g/mol. The van der Waals surface area contributed by atoms with Crippen LogP contribution in [0.2, 0.25) is 0 Å². The minimum Gasteiger partial charge on any atom is -0.497 e. The van der Waals surface area contributed by atoms with Crippen molar-refractivity contribution in [3.8, 4) is 11.5 Å². The molecule has 2 atom stereocenters. The molecule has 2 unspecified atom stereocenters. The number of ether oxygens (including phenoxy) is 3. The molecule has 19 heavy (non-hydrogen) atoms. The van der Waals surface area contributed by atoms with Crippen molar-refractivity contribution in [2.75, 3.05) is 19.5 Å². The fourth-order valence-electron chi connectivity index (χ4n) is 2.66. The Morgan fingerprint density at radius 2 is 1.79 bits per heavy atom. The van der Waals surface area contributed by atoms with E-state index < -0.39 is 0 Å². The van der Waals surface area contributed by atoms with Gasteiger partial charge in [-0.15, -0.1) is 0 Å². The van der Waals surface area contributed by atoms with E-state index >= 15 is 0 Å². The zero-order valence-corrected chi connectivity index (χ0v) is 12.1. The summed E-state index contributed by atoms with van der Waals surface area (Å²) in [5.41, 5.74) is 1.01. The summed E-state index contributed by atoms with van der Waals surface area (Å²) >= 11 is 0. The third-order valence-electron chi connectivity index (χ3n) is 3.47. The molecular formula is C15H23NO3. The van der Waals surface area contributed by atoms with E-state index in [1.54, 1.807) is 14.2 Å².